The summed E-state index contributed by atoms with van der Waals surface area (Å²) in [5.74, 6) is 0.787. The molecule has 2 bridgehead atoms. The number of benzene rings is 1. The van der Waals surface area contributed by atoms with Gasteiger partial charge in [0.05, 0.1) is 0 Å². The maximum atomic E-state index is 10.5. The third-order valence-electron chi connectivity index (χ3n) is 4.88. The van der Waals surface area contributed by atoms with Crippen molar-refractivity contribution in [2.24, 2.45) is 5.92 Å². The lowest BCUT2D eigenvalue weighted by Crippen LogP contribution is -2.42. The molecule has 2 nitrogen and oxygen atoms in total. The lowest BCUT2D eigenvalue weighted by atomic mass is 9.87. The third kappa shape index (κ3) is 2.89. The van der Waals surface area contributed by atoms with Crippen LogP contribution in [0.1, 0.15) is 44.1 Å². The van der Waals surface area contributed by atoms with Gasteiger partial charge in [0.1, 0.15) is 6.29 Å². The van der Waals surface area contributed by atoms with Gasteiger partial charge in [-0.3, -0.25) is 4.90 Å². The molecular formula is C17H23NO. The number of rotatable bonds is 5. The quantitative estimate of drug-likeness (QED) is 0.753. The van der Waals surface area contributed by atoms with E-state index < -0.39 is 0 Å². The smallest absolute Gasteiger partial charge is 0.120 e. The summed E-state index contributed by atoms with van der Waals surface area (Å²) in [5, 5.41) is 0. The standard InChI is InChI=1S/C17H23NO/c19-10-4-7-15-11-16-8-9-17(12-15)18(16)13-14-5-2-1-3-6-14/h1-3,5-6,10,15-17H,4,7-9,11-13H2. The molecular weight excluding hydrogens is 234 g/mol. The first kappa shape index (κ1) is 12.9. The van der Waals surface area contributed by atoms with Gasteiger partial charge in [0.15, 0.2) is 0 Å². The number of piperidine rings is 1. The fraction of sp³-hybridized carbons (Fsp3) is 0.588. The summed E-state index contributed by atoms with van der Waals surface area (Å²) in [6, 6.07) is 12.3. The van der Waals surface area contributed by atoms with E-state index in [4.69, 9.17) is 0 Å². The number of aldehydes is 1. The Kier molecular flexibility index (Phi) is 3.97. The predicted molar refractivity (Wildman–Crippen MR) is 76.8 cm³/mol. The van der Waals surface area contributed by atoms with Crippen LogP contribution in [0.2, 0.25) is 0 Å². The molecule has 0 aromatic heterocycles. The first-order valence-corrected chi connectivity index (χ1v) is 7.60. The van der Waals surface area contributed by atoms with Gasteiger partial charge >= 0.3 is 0 Å². The second kappa shape index (κ2) is 5.87. The van der Waals surface area contributed by atoms with E-state index in [-0.39, 0.29) is 0 Å². The van der Waals surface area contributed by atoms with Gasteiger partial charge in [-0.2, -0.15) is 0 Å². The molecule has 0 amide bonds. The molecule has 1 aromatic rings. The highest BCUT2D eigenvalue weighted by Gasteiger charge is 2.39. The number of carbonyl (C=O) groups is 1. The van der Waals surface area contributed by atoms with E-state index in [0.717, 1.165) is 43.7 Å². The molecule has 2 atom stereocenters. The molecule has 3 rings (SSSR count). The van der Waals surface area contributed by atoms with Crippen LogP contribution in [0.25, 0.3) is 0 Å². The zero-order valence-corrected chi connectivity index (χ0v) is 11.5. The van der Waals surface area contributed by atoms with Gasteiger partial charge in [0.2, 0.25) is 0 Å². The maximum absolute atomic E-state index is 10.5. The van der Waals surface area contributed by atoms with Crippen molar-refractivity contribution in [2.45, 2.75) is 57.2 Å². The lowest BCUT2D eigenvalue weighted by molar-refractivity contribution is -0.108. The zero-order valence-electron chi connectivity index (χ0n) is 11.5. The van der Waals surface area contributed by atoms with Crippen molar-refractivity contribution in [2.75, 3.05) is 0 Å². The van der Waals surface area contributed by atoms with E-state index in [1.54, 1.807) is 0 Å². The minimum atomic E-state index is 0.753. The normalized spacial score (nSPS) is 30.4. The van der Waals surface area contributed by atoms with Crippen LogP contribution in [0, 0.1) is 5.92 Å². The van der Waals surface area contributed by atoms with Crippen LogP contribution in [0.5, 0.6) is 0 Å². The van der Waals surface area contributed by atoms with Crippen molar-refractivity contribution in [3.63, 3.8) is 0 Å². The lowest BCUT2D eigenvalue weighted by Gasteiger charge is -2.39. The number of hydrogen-bond donors (Lipinski definition) is 0. The van der Waals surface area contributed by atoms with Crippen LogP contribution in [-0.4, -0.2) is 23.3 Å². The number of fused-ring (bicyclic) bond motifs is 2. The molecule has 0 radical (unpaired) electrons. The van der Waals surface area contributed by atoms with Crippen LogP contribution < -0.4 is 0 Å². The molecule has 19 heavy (non-hydrogen) atoms. The van der Waals surface area contributed by atoms with E-state index in [1.165, 1.54) is 31.2 Å². The van der Waals surface area contributed by atoms with Gasteiger partial charge < -0.3 is 4.79 Å². The fourth-order valence-electron chi connectivity index (χ4n) is 3.98. The Morgan fingerprint density at radius 2 is 1.79 bits per heavy atom. The average Bonchev–Trinajstić information content (AvgIpc) is 2.69. The molecule has 102 valence electrons. The molecule has 2 heteroatoms. The molecule has 2 fully saturated rings. The minimum absolute atomic E-state index is 0.753. The number of nitrogens with zero attached hydrogens (tertiary/aromatic N) is 1. The van der Waals surface area contributed by atoms with E-state index in [0.29, 0.717) is 0 Å². The Balaban J connectivity index is 1.62. The van der Waals surface area contributed by atoms with E-state index >= 15 is 0 Å². The highest BCUT2D eigenvalue weighted by Crippen LogP contribution is 2.40. The molecule has 1 aromatic carbocycles. The summed E-state index contributed by atoms with van der Waals surface area (Å²) in [6.07, 6.45) is 8.26. The van der Waals surface area contributed by atoms with Crippen LogP contribution in [0.4, 0.5) is 0 Å². The summed E-state index contributed by atoms with van der Waals surface area (Å²) in [7, 11) is 0. The second-order valence-corrected chi connectivity index (χ2v) is 6.12. The minimum Gasteiger partial charge on any atom is -0.303 e. The van der Waals surface area contributed by atoms with E-state index in [2.05, 4.69) is 35.2 Å². The van der Waals surface area contributed by atoms with Gasteiger partial charge in [-0.05, 0) is 43.6 Å². The summed E-state index contributed by atoms with van der Waals surface area (Å²) in [5.41, 5.74) is 1.44. The van der Waals surface area contributed by atoms with Crippen molar-refractivity contribution in [3.8, 4) is 0 Å². The topological polar surface area (TPSA) is 20.3 Å². The van der Waals surface area contributed by atoms with Crippen molar-refractivity contribution in [1.82, 2.24) is 4.90 Å². The van der Waals surface area contributed by atoms with Gasteiger partial charge in [-0.15, -0.1) is 0 Å². The summed E-state index contributed by atoms with van der Waals surface area (Å²) in [4.78, 5) is 13.2. The van der Waals surface area contributed by atoms with E-state index in [1.807, 2.05) is 0 Å². The fourth-order valence-corrected chi connectivity index (χ4v) is 3.98. The first-order chi connectivity index (χ1) is 9.36. The van der Waals surface area contributed by atoms with Crippen LogP contribution >= 0.6 is 0 Å². The first-order valence-electron chi connectivity index (χ1n) is 7.60. The monoisotopic (exact) mass is 257 g/mol. The average molecular weight is 257 g/mol. The van der Waals surface area contributed by atoms with Crippen molar-refractivity contribution in [1.29, 1.82) is 0 Å². The summed E-state index contributed by atoms with van der Waals surface area (Å²) in [6.45, 7) is 1.11. The summed E-state index contributed by atoms with van der Waals surface area (Å²) >= 11 is 0. The molecule has 0 N–H and O–H groups in total. The van der Waals surface area contributed by atoms with Crippen molar-refractivity contribution >= 4 is 6.29 Å². The second-order valence-electron chi connectivity index (χ2n) is 6.12. The molecule has 2 heterocycles. The molecule has 0 aliphatic carbocycles. The van der Waals surface area contributed by atoms with E-state index in [9.17, 15) is 4.79 Å². The largest absolute Gasteiger partial charge is 0.303 e. The highest BCUT2D eigenvalue weighted by molar-refractivity contribution is 5.49. The molecule has 2 saturated heterocycles. The number of carbonyl (C=O) groups excluding carboxylic acids is 1. The Morgan fingerprint density at radius 3 is 2.42 bits per heavy atom. The zero-order chi connectivity index (χ0) is 13.1. The molecule has 2 aliphatic heterocycles. The Labute approximate surface area is 115 Å². The predicted octanol–water partition coefficient (Wildman–Crippen LogP) is 3.41. The van der Waals surface area contributed by atoms with Crippen LogP contribution in [0.3, 0.4) is 0 Å². The van der Waals surface area contributed by atoms with Gasteiger partial charge in [-0.25, -0.2) is 0 Å². The van der Waals surface area contributed by atoms with Gasteiger partial charge in [0, 0.05) is 25.0 Å². The third-order valence-corrected chi connectivity index (χ3v) is 4.88. The number of hydrogen-bond acceptors (Lipinski definition) is 2. The van der Waals surface area contributed by atoms with Gasteiger partial charge in [0.25, 0.3) is 0 Å². The Hall–Kier alpha value is -1.15. The summed E-state index contributed by atoms with van der Waals surface area (Å²) < 4.78 is 0. The van der Waals surface area contributed by atoms with Crippen molar-refractivity contribution < 1.29 is 4.79 Å². The molecule has 0 saturated carbocycles. The van der Waals surface area contributed by atoms with Crippen molar-refractivity contribution in [3.05, 3.63) is 35.9 Å². The molecule has 2 aliphatic rings. The van der Waals surface area contributed by atoms with Crippen LogP contribution in [0.15, 0.2) is 30.3 Å². The highest BCUT2D eigenvalue weighted by atomic mass is 16.1. The Bertz CT molecular complexity index is 403. The maximum Gasteiger partial charge on any atom is 0.120 e. The van der Waals surface area contributed by atoms with Crippen LogP contribution in [-0.2, 0) is 11.3 Å². The molecule has 2 unspecified atom stereocenters. The SMILES string of the molecule is O=CCCC1CC2CCC(C1)N2Cc1ccccc1. The van der Waals surface area contributed by atoms with Gasteiger partial charge in [-0.1, -0.05) is 30.3 Å². The molecule has 0 spiro atoms. The Morgan fingerprint density at radius 1 is 1.11 bits per heavy atom.